The molecule has 0 aromatic heterocycles. The van der Waals surface area contributed by atoms with Gasteiger partial charge in [-0.15, -0.1) is 0 Å². The van der Waals surface area contributed by atoms with Crippen molar-refractivity contribution < 1.29 is 8.42 Å². The molecule has 0 radical (unpaired) electrons. The summed E-state index contributed by atoms with van der Waals surface area (Å²) in [5.41, 5.74) is 0.843. The molecule has 0 bridgehead atoms. The Bertz CT molecular complexity index is 534. The maximum Gasteiger partial charge on any atom is 0.180 e. The lowest BCUT2D eigenvalue weighted by Gasteiger charge is -2.20. The highest BCUT2D eigenvalue weighted by atomic mass is 35.5. The second-order valence-electron chi connectivity index (χ2n) is 4.90. The highest BCUT2D eigenvalue weighted by molar-refractivity contribution is 7.92. The number of nitrogens with zero attached hydrogens (tertiary/aromatic N) is 1. The van der Waals surface area contributed by atoms with Crippen molar-refractivity contribution in [1.29, 1.82) is 0 Å². The number of halogens is 1. The summed E-state index contributed by atoms with van der Waals surface area (Å²) < 4.78 is 24.3. The van der Waals surface area contributed by atoms with Crippen LogP contribution in [0.5, 0.6) is 0 Å². The van der Waals surface area contributed by atoms with E-state index in [1.54, 1.807) is 32.0 Å². The summed E-state index contributed by atoms with van der Waals surface area (Å²) in [5.74, 6) is 0. The molecule has 0 unspecified atom stereocenters. The molecule has 5 heteroatoms. The van der Waals surface area contributed by atoms with E-state index in [9.17, 15) is 8.42 Å². The van der Waals surface area contributed by atoms with Crippen molar-refractivity contribution in [2.45, 2.75) is 36.8 Å². The van der Waals surface area contributed by atoms with Gasteiger partial charge in [0.1, 0.15) is 0 Å². The lowest BCUT2D eigenvalue weighted by Crippen LogP contribution is -2.19. The standard InChI is InChI=1S/C13H18ClNO2S/c1-10(2)18(16,17)11-5-6-12(14)13(9-11)15-7-3-4-8-15/h5-6,9-10H,3-4,7-8H2,1-2H3. The first-order chi connectivity index (χ1) is 8.43. The predicted octanol–water partition coefficient (Wildman–Crippen LogP) is 3.12. The minimum Gasteiger partial charge on any atom is -0.370 e. The van der Waals surface area contributed by atoms with Crippen LogP contribution in [0.15, 0.2) is 23.1 Å². The van der Waals surface area contributed by atoms with E-state index in [1.807, 2.05) is 0 Å². The molecule has 1 saturated heterocycles. The van der Waals surface area contributed by atoms with Crippen LogP contribution in [0, 0.1) is 0 Å². The lowest BCUT2D eigenvalue weighted by atomic mass is 10.3. The Morgan fingerprint density at radius 3 is 2.39 bits per heavy atom. The Hall–Kier alpha value is -0.740. The van der Waals surface area contributed by atoms with Gasteiger partial charge < -0.3 is 4.90 Å². The fourth-order valence-corrected chi connectivity index (χ4v) is 3.46. The molecule has 100 valence electrons. The topological polar surface area (TPSA) is 37.4 Å². The van der Waals surface area contributed by atoms with Crippen molar-refractivity contribution in [2.24, 2.45) is 0 Å². The van der Waals surface area contributed by atoms with Gasteiger partial charge in [-0.1, -0.05) is 11.6 Å². The molecule has 18 heavy (non-hydrogen) atoms. The molecule has 1 aliphatic heterocycles. The van der Waals surface area contributed by atoms with Crippen LogP contribution in [-0.2, 0) is 9.84 Å². The van der Waals surface area contributed by atoms with Gasteiger partial charge in [-0.2, -0.15) is 0 Å². The summed E-state index contributed by atoms with van der Waals surface area (Å²) in [7, 11) is -3.23. The third kappa shape index (κ3) is 2.50. The zero-order chi connectivity index (χ0) is 13.3. The Morgan fingerprint density at radius 1 is 1.22 bits per heavy atom. The maximum absolute atomic E-state index is 12.1. The minimum absolute atomic E-state index is 0.365. The molecular formula is C13H18ClNO2S. The van der Waals surface area contributed by atoms with Crippen LogP contribution in [-0.4, -0.2) is 26.8 Å². The van der Waals surface area contributed by atoms with E-state index in [0.29, 0.717) is 9.92 Å². The second kappa shape index (κ2) is 5.10. The van der Waals surface area contributed by atoms with Crippen molar-refractivity contribution in [1.82, 2.24) is 0 Å². The van der Waals surface area contributed by atoms with Crippen molar-refractivity contribution in [2.75, 3.05) is 18.0 Å². The molecule has 1 aliphatic rings. The van der Waals surface area contributed by atoms with Crippen molar-refractivity contribution >= 4 is 27.1 Å². The van der Waals surface area contributed by atoms with Gasteiger partial charge in [0, 0.05) is 13.1 Å². The lowest BCUT2D eigenvalue weighted by molar-refractivity contribution is 0.587. The number of hydrogen-bond donors (Lipinski definition) is 0. The molecule has 1 aromatic carbocycles. The van der Waals surface area contributed by atoms with Gasteiger partial charge in [0.15, 0.2) is 9.84 Å². The zero-order valence-electron chi connectivity index (χ0n) is 10.7. The number of hydrogen-bond acceptors (Lipinski definition) is 3. The Balaban J connectivity index is 2.44. The van der Waals surface area contributed by atoms with Crippen LogP contribution in [0.3, 0.4) is 0 Å². The Morgan fingerprint density at radius 2 is 1.83 bits per heavy atom. The van der Waals surface area contributed by atoms with Gasteiger partial charge >= 0.3 is 0 Å². The molecule has 0 aliphatic carbocycles. The Kier molecular flexibility index (Phi) is 3.87. The maximum atomic E-state index is 12.1. The van der Waals surface area contributed by atoms with Gasteiger partial charge in [0.25, 0.3) is 0 Å². The molecule has 2 rings (SSSR count). The van der Waals surface area contributed by atoms with E-state index in [1.165, 1.54) is 0 Å². The number of sulfone groups is 1. The number of benzene rings is 1. The predicted molar refractivity (Wildman–Crippen MR) is 75.2 cm³/mol. The van der Waals surface area contributed by atoms with E-state index in [4.69, 9.17) is 11.6 Å². The SMILES string of the molecule is CC(C)S(=O)(=O)c1ccc(Cl)c(N2CCCC2)c1. The highest BCUT2D eigenvalue weighted by Crippen LogP contribution is 2.32. The number of anilines is 1. The van der Waals surface area contributed by atoms with Crippen LogP contribution in [0.4, 0.5) is 5.69 Å². The fraction of sp³-hybridized carbons (Fsp3) is 0.538. The van der Waals surface area contributed by atoms with Gasteiger partial charge in [-0.25, -0.2) is 8.42 Å². The van der Waals surface area contributed by atoms with Gasteiger partial charge in [-0.3, -0.25) is 0 Å². The molecule has 0 N–H and O–H groups in total. The average Bonchev–Trinajstić information content (AvgIpc) is 2.82. The van der Waals surface area contributed by atoms with Crippen LogP contribution < -0.4 is 4.90 Å². The third-order valence-corrected chi connectivity index (χ3v) is 5.79. The van der Waals surface area contributed by atoms with Crippen molar-refractivity contribution in [3.63, 3.8) is 0 Å². The molecule has 0 amide bonds. The smallest absolute Gasteiger partial charge is 0.180 e. The first kappa shape index (κ1) is 13.7. The number of rotatable bonds is 3. The molecule has 0 spiro atoms. The van der Waals surface area contributed by atoms with E-state index >= 15 is 0 Å². The second-order valence-corrected chi connectivity index (χ2v) is 7.81. The monoisotopic (exact) mass is 287 g/mol. The molecule has 1 heterocycles. The van der Waals surface area contributed by atoms with Crippen LogP contribution in [0.2, 0.25) is 5.02 Å². The summed E-state index contributed by atoms with van der Waals surface area (Å²) in [6.45, 7) is 5.29. The molecule has 1 aromatic rings. The molecule has 0 saturated carbocycles. The first-order valence-electron chi connectivity index (χ1n) is 6.21. The summed E-state index contributed by atoms with van der Waals surface area (Å²) in [4.78, 5) is 2.52. The molecular weight excluding hydrogens is 270 g/mol. The van der Waals surface area contributed by atoms with Crippen molar-refractivity contribution in [3.05, 3.63) is 23.2 Å². The fourth-order valence-electron chi connectivity index (χ4n) is 2.14. The Labute approximate surface area is 114 Å². The summed E-state index contributed by atoms with van der Waals surface area (Å²) in [5, 5.41) is 0.213. The summed E-state index contributed by atoms with van der Waals surface area (Å²) >= 11 is 6.17. The van der Waals surface area contributed by atoms with Gasteiger partial charge in [0.2, 0.25) is 0 Å². The quantitative estimate of drug-likeness (QED) is 0.857. The molecule has 3 nitrogen and oxygen atoms in total. The van der Waals surface area contributed by atoms with Gasteiger partial charge in [-0.05, 0) is 44.9 Å². The van der Waals surface area contributed by atoms with Crippen LogP contribution in [0.25, 0.3) is 0 Å². The van der Waals surface area contributed by atoms with E-state index < -0.39 is 15.1 Å². The first-order valence-corrected chi connectivity index (χ1v) is 8.14. The normalized spacial score (nSPS) is 16.6. The molecule has 0 atom stereocenters. The van der Waals surface area contributed by atoms with Crippen molar-refractivity contribution in [3.8, 4) is 0 Å². The zero-order valence-corrected chi connectivity index (χ0v) is 12.3. The van der Waals surface area contributed by atoms with E-state index in [2.05, 4.69) is 4.90 Å². The third-order valence-electron chi connectivity index (χ3n) is 3.31. The highest BCUT2D eigenvalue weighted by Gasteiger charge is 2.22. The van der Waals surface area contributed by atoms with E-state index in [0.717, 1.165) is 31.6 Å². The average molecular weight is 288 g/mol. The summed E-state index contributed by atoms with van der Waals surface area (Å²) in [6, 6.07) is 4.99. The van der Waals surface area contributed by atoms with Crippen LogP contribution in [0.1, 0.15) is 26.7 Å². The largest absolute Gasteiger partial charge is 0.370 e. The molecule has 1 fully saturated rings. The van der Waals surface area contributed by atoms with Gasteiger partial charge in [0.05, 0.1) is 20.9 Å². The summed E-state index contributed by atoms with van der Waals surface area (Å²) in [6.07, 6.45) is 2.27. The van der Waals surface area contributed by atoms with E-state index in [-0.39, 0.29) is 0 Å². The minimum atomic E-state index is -3.23. The van der Waals surface area contributed by atoms with Crippen LogP contribution >= 0.6 is 11.6 Å².